The van der Waals surface area contributed by atoms with Crippen molar-refractivity contribution >= 4 is 16.9 Å². The number of nitrogens with one attached hydrogen (secondary N) is 1. The zero-order valence-electron chi connectivity index (χ0n) is 18.2. The second-order valence-electron chi connectivity index (χ2n) is 7.74. The minimum absolute atomic E-state index is 0.159. The first-order valence-electron chi connectivity index (χ1n) is 10.6. The number of carbonyl (C=O) groups is 1. The molecule has 0 radical (unpaired) electrons. The third kappa shape index (κ3) is 4.12. The SMILES string of the molecule is CCn1c(=O)c(=O)n(Cc2ccc(C(=O)NCc3ccccc3C)cc2)c2ccccc21. The summed E-state index contributed by atoms with van der Waals surface area (Å²) in [5.41, 5.74) is 3.94. The van der Waals surface area contributed by atoms with Gasteiger partial charge in [0, 0.05) is 18.7 Å². The van der Waals surface area contributed by atoms with Gasteiger partial charge in [0.1, 0.15) is 0 Å². The van der Waals surface area contributed by atoms with Crippen LogP contribution >= 0.6 is 0 Å². The highest BCUT2D eigenvalue weighted by Gasteiger charge is 2.13. The maximum absolute atomic E-state index is 12.8. The molecule has 1 aromatic heterocycles. The molecule has 0 atom stereocenters. The molecule has 1 amide bonds. The van der Waals surface area contributed by atoms with Crippen molar-refractivity contribution < 1.29 is 4.79 Å². The summed E-state index contributed by atoms with van der Waals surface area (Å²) in [4.78, 5) is 37.8. The lowest BCUT2D eigenvalue weighted by Crippen LogP contribution is -2.41. The Labute approximate surface area is 185 Å². The molecule has 0 unspecified atom stereocenters. The molecule has 4 rings (SSSR count). The highest BCUT2D eigenvalue weighted by atomic mass is 16.2. The summed E-state index contributed by atoms with van der Waals surface area (Å²) in [5, 5.41) is 2.94. The van der Waals surface area contributed by atoms with Gasteiger partial charge in [-0.15, -0.1) is 0 Å². The first-order chi connectivity index (χ1) is 15.5. The van der Waals surface area contributed by atoms with Crippen LogP contribution in [0.3, 0.4) is 0 Å². The molecule has 0 aliphatic carbocycles. The molecule has 162 valence electrons. The van der Waals surface area contributed by atoms with E-state index in [0.29, 0.717) is 24.2 Å². The number of carbonyl (C=O) groups excluding carboxylic acids is 1. The molecule has 1 N–H and O–H groups in total. The summed E-state index contributed by atoms with van der Waals surface area (Å²) >= 11 is 0. The van der Waals surface area contributed by atoms with Crippen molar-refractivity contribution in [2.24, 2.45) is 0 Å². The highest BCUT2D eigenvalue weighted by Crippen LogP contribution is 2.13. The molecular weight excluding hydrogens is 402 g/mol. The highest BCUT2D eigenvalue weighted by molar-refractivity contribution is 5.94. The zero-order chi connectivity index (χ0) is 22.7. The summed E-state index contributed by atoms with van der Waals surface area (Å²) in [6, 6.07) is 22.4. The summed E-state index contributed by atoms with van der Waals surface area (Å²) < 4.78 is 2.99. The molecule has 0 aliphatic rings. The molecule has 6 nitrogen and oxygen atoms in total. The van der Waals surface area contributed by atoms with E-state index < -0.39 is 11.1 Å². The summed E-state index contributed by atoms with van der Waals surface area (Å²) in [6.07, 6.45) is 0. The van der Waals surface area contributed by atoms with E-state index >= 15 is 0 Å². The molecule has 0 saturated heterocycles. The average Bonchev–Trinajstić information content (AvgIpc) is 2.82. The molecule has 0 bridgehead atoms. The quantitative estimate of drug-likeness (QED) is 0.479. The maximum atomic E-state index is 12.8. The molecule has 0 fully saturated rings. The van der Waals surface area contributed by atoms with Gasteiger partial charge in [0.05, 0.1) is 17.6 Å². The van der Waals surface area contributed by atoms with E-state index in [0.717, 1.165) is 22.2 Å². The first-order valence-corrected chi connectivity index (χ1v) is 10.6. The Morgan fingerprint density at radius 1 is 0.812 bits per heavy atom. The monoisotopic (exact) mass is 427 g/mol. The van der Waals surface area contributed by atoms with Gasteiger partial charge in [-0.05, 0) is 54.8 Å². The first kappa shape index (κ1) is 21.3. The Hall–Kier alpha value is -3.93. The van der Waals surface area contributed by atoms with Crippen molar-refractivity contribution in [1.82, 2.24) is 14.5 Å². The van der Waals surface area contributed by atoms with Gasteiger partial charge in [0.2, 0.25) is 0 Å². The van der Waals surface area contributed by atoms with Crippen molar-refractivity contribution in [2.75, 3.05) is 0 Å². The van der Waals surface area contributed by atoms with Crippen LogP contribution in [0.5, 0.6) is 0 Å². The fraction of sp³-hybridized carbons (Fsp3) is 0.192. The van der Waals surface area contributed by atoms with E-state index in [1.807, 2.05) is 74.5 Å². The van der Waals surface area contributed by atoms with Gasteiger partial charge in [0.15, 0.2) is 0 Å². The molecule has 0 saturated carbocycles. The van der Waals surface area contributed by atoms with Gasteiger partial charge < -0.3 is 9.88 Å². The number of aryl methyl sites for hydroxylation is 2. The Bertz CT molecular complexity index is 1400. The number of rotatable bonds is 6. The molecule has 3 aromatic carbocycles. The van der Waals surface area contributed by atoms with E-state index in [1.54, 1.807) is 12.1 Å². The smallest absolute Gasteiger partial charge is 0.317 e. The van der Waals surface area contributed by atoms with Gasteiger partial charge in [-0.2, -0.15) is 0 Å². The molecule has 32 heavy (non-hydrogen) atoms. The third-order valence-electron chi connectivity index (χ3n) is 5.71. The van der Waals surface area contributed by atoms with Gasteiger partial charge in [-0.25, -0.2) is 0 Å². The Kier molecular flexibility index (Phi) is 6.03. The second-order valence-corrected chi connectivity index (χ2v) is 7.74. The number of aromatic nitrogens is 2. The van der Waals surface area contributed by atoms with Crippen LogP contribution in [0.2, 0.25) is 0 Å². The molecule has 6 heteroatoms. The number of nitrogens with zero attached hydrogens (tertiary/aromatic N) is 2. The van der Waals surface area contributed by atoms with Crippen molar-refractivity contribution in [3.05, 3.63) is 116 Å². The van der Waals surface area contributed by atoms with Gasteiger partial charge in [-0.1, -0.05) is 48.5 Å². The standard InChI is InChI=1S/C26H25N3O3/c1-3-28-22-10-6-7-11-23(22)29(26(32)25(28)31)17-19-12-14-20(15-13-19)24(30)27-16-21-9-5-4-8-18(21)2/h4-15H,3,16-17H2,1-2H3,(H,27,30). The van der Waals surface area contributed by atoms with Crippen LogP contribution in [-0.2, 0) is 19.6 Å². The van der Waals surface area contributed by atoms with Crippen molar-refractivity contribution in [3.63, 3.8) is 0 Å². The van der Waals surface area contributed by atoms with Crippen LogP contribution in [0.25, 0.3) is 11.0 Å². The molecule has 4 aromatic rings. The van der Waals surface area contributed by atoms with Crippen molar-refractivity contribution in [2.45, 2.75) is 33.5 Å². The number of benzene rings is 3. The lowest BCUT2D eigenvalue weighted by molar-refractivity contribution is 0.0951. The average molecular weight is 428 g/mol. The Balaban J connectivity index is 1.56. The molecule has 1 heterocycles. The number of amides is 1. The van der Waals surface area contributed by atoms with Gasteiger partial charge in [0.25, 0.3) is 5.91 Å². The fourth-order valence-corrected chi connectivity index (χ4v) is 3.87. The lowest BCUT2D eigenvalue weighted by Gasteiger charge is -2.14. The van der Waals surface area contributed by atoms with E-state index in [9.17, 15) is 14.4 Å². The Morgan fingerprint density at radius 3 is 2.06 bits per heavy atom. The minimum Gasteiger partial charge on any atom is -0.348 e. The summed E-state index contributed by atoms with van der Waals surface area (Å²) in [7, 11) is 0. The van der Waals surface area contributed by atoms with Crippen molar-refractivity contribution in [3.8, 4) is 0 Å². The molecular formula is C26H25N3O3. The zero-order valence-corrected chi connectivity index (χ0v) is 18.2. The van der Waals surface area contributed by atoms with Crippen LogP contribution in [0.4, 0.5) is 0 Å². The van der Waals surface area contributed by atoms with E-state index in [-0.39, 0.29) is 12.5 Å². The predicted octanol–water partition coefficient (Wildman–Crippen LogP) is 3.47. The van der Waals surface area contributed by atoms with Gasteiger partial charge in [-0.3, -0.25) is 19.0 Å². The normalized spacial score (nSPS) is 10.9. The van der Waals surface area contributed by atoms with Crippen LogP contribution in [0.1, 0.15) is 34.0 Å². The topological polar surface area (TPSA) is 73.1 Å². The minimum atomic E-state index is -0.550. The predicted molar refractivity (Wildman–Crippen MR) is 126 cm³/mol. The van der Waals surface area contributed by atoms with E-state index in [2.05, 4.69) is 5.32 Å². The third-order valence-corrected chi connectivity index (χ3v) is 5.71. The van der Waals surface area contributed by atoms with Crippen LogP contribution in [0, 0.1) is 6.92 Å². The number of para-hydroxylation sites is 2. The second kappa shape index (κ2) is 9.06. The summed E-state index contributed by atoms with van der Waals surface area (Å²) in [6.45, 7) is 5.01. The van der Waals surface area contributed by atoms with Gasteiger partial charge >= 0.3 is 11.1 Å². The van der Waals surface area contributed by atoms with E-state index in [4.69, 9.17) is 0 Å². The fourth-order valence-electron chi connectivity index (χ4n) is 3.87. The summed E-state index contributed by atoms with van der Waals surface area (Å²) in [5.74, 6) is -0.159. The number of hydrogen-bond donors (Lipinski definition) is 1. The van der Waals surface area contributed by atoms with Crippen LogP contribution in [-0.4, -0.2) is 15.0 Å². The maximum Gasteiger partial charge on any atom is 0.317 e. The number of hydrogen-bond acceptors (Lipinski definition) is 3. The van der Waals surface area contributed by atoms with Crippen LogP contribution in [0.15, 0.2) is 82.4 Å². The largest absolute Gasteiger partial charge is 0.348 e. The number of fused-ring (bicyclic) bond motifs is 1. The Morgan fingerprint density at radius 2 is 1.41 bits per heavy atom. The molecule has 0 aliphatic heterocycles. The van der Waals surface area contributed by atoms with E-state index in [1.165, 1.54) is 9.13 Å². The molecule has 0 spiro atoms. The lowest BCUT2D eigenvalue weighted by atomic mass is 10.1. The van der Waals surface area contributed by atoms with Crippen LogP contribution < -0.4 is 16.4 Å². The van der Waals surface area contributed by atoms with Crippen molar-refractivity contribution in [1.29, 1.82) is 0 Å².